The molecule has 0 bridgehead atoms. The standard InChI is InChI=1S/C10H17N3OS/c1-10(2)6-15-9(13-10)11-5-8(14)12-7-3-4-7/h7H,3-6H2,1-2H3,(H,11,13)(H,12,14). The lowest BCUT2D eigenvalue weighted by molar-refractivity contribution is -0.119. The summed E-state index contributed by atoms with van der Waals surface area (Å²) in [4.78, 5) is 15.6. The van der Waals surface area contributed by atoms with Gasteiger partial charge in [0.15, 0.2) is 5.17 Å². The molecule has 0 aromatic carbocycles. The quantitative estimate of drug-likeness (QED) is 0.747. The van der Waals surface area contributed by atoms with Crippen molar-refractivity contribution in [1.29, 1.82) is 0 Å². The van der Waals surface area contributed by atoms with E-state index in [2.05, 4.69) is 29.5 Å². The van der Waals surface area contributed by atoms with E-state index in [-0.39, 0.29) is 18.0 Å². The molecule has 0 unspecified atom stereocenters. The van der Waals surface area contributed by atoms with Crippen LogP contribution in [0.25, 0.3) is 0 Å². The topological polar surface area (TPSA) is 53.5 Å². The molecule has 2 aliphatic rings. The number of nitrogens with one attached hydrogen (secondary N) is 2. The van der Waals surface area contributed by atoms with Gasteiger partial charge in [0.2, 0.25) is 5.91 Å². The molecule has 2 rings (SSSR count). The summed E-state index contributed by atoms with van der Waals surface area (Å²) in [5.74, 6) is 1.05. The molecule has 0 radical (unpaired) electrons. The zero-order valence-corrected chi connectivity index (χ0v) is 9.99. The van der Waals surface area contributed by atoms with Crippen molar-refractivity contribution in [1.82, 2.24) is 10.6 Å². The zero-order chi connectivity index (χ0) is 10.9. The van der Waals surface area contributed by atoms with Crippen molar-refractivity contribution < 1.29 is 4.79 Å². The summed E-state index contributed by atoms with van der Waals surface area (Å²) in [6.07, 6.45) is 2.25. The highest BCUT2D eigenvalue weighted by Gasteiger charge is 2.27. The van der Waals surface area contributed by atoms with E-state index in [1.165, 1.54) is 0 Å². The summed E-state index contributed by atoms with van der Waals surface area (Å²) in [7, 11) is 0. The Balaban J connectivity index is 1.76. The van der Waals surface area contributed by atoms with Gasteiger partial charge in [-0.3, -0.25) is 9.79 Å². The average Bonchev–Trinajstić information content (AvgIpc) is 2.87. The first kappa shape index (κ1) is 10.8. The molecular weight excluding hydrogens is 210 g/mol. The molecule has 0 aromatic heterocycles. The first-order chi connectivity index (χ1) is 7.05. The fourth-order valence-electron chi connectivity index (χ4n) is 1.34. The van der Waals surface area contributed by atoms with E-state index >= 15 is 0 Å². The molecule has 2 fully saturated rings. The molecule has 2 N–H and O–H groups in total. The van der Waals surface area contributed by atoms with E-state index in [9.17, 15) is 4.79 Å². The second-order valence-corrected chi connectivity index (χ2v) is 5.72. The lowest BCUT2D eigenvalue weighted by atomic mass is 10.1. The van der Waals surface area contributed by atoms with E-state index in [1.807, 2.05) is 0 Å². The lowest BCUT2D eigenvalue weighted by Crippen LogP contribution is -2.37. The largest absolute Gasteiger partial charge is 0.359 e. The smallest absolute Gasteiger partial charge is 0.241 e. The van der Waals surface area contributed by atoms with Crippen LogP contribution in [-0.2, 0) is 4.79 Å². The van der Waals surface area contributed by atoms with Gasteiger partial charge in [-0.2, -0.15) is 0 Å². The second kappa shape index (κ2) is 4.04. The third kappa shape index (κ3) is 3.41. The van der Waals surface area contributed by atoms with Crippen LogP contribution in [0.1, 0.15) is 26.7 Å². The molecule has 0 atom stereocenters. The van der Waals surface area contributed by atoms with Crippen molar-refractivity contribution in [2.24, 2.45) is 4.99 Å². The summed E-state index contributed by atoms with van der Waals surface area (Å²) in [5.41, 5.74) is 0.108. The minimum Gasteiger partial charge on any atom is -0.359 e. The van der Waals surface area contributed by atoms with Gasteiger partial charge in [0.1, 0.15) is 6.54 Å². The van der Waals surface area contributed by atoms with E-state index in [4.69, 9.17) is 0 Å². The molecular formula is C10H17N3OS. The molecule has 15 heavy (non-hydrogen) atoms. The van der Waals surface area contributed by atoms with Gasteiger partial charge in [-0.15, -0.1) is 0 Å². The van der Waals surface area contributed by atoms with Crippen molar-refractivity contribution in [3.05, 3.63) is 0 Å². The molecule has 1 aliphatic heterocycles. The predicted molar refractivity (Wildman–Crippen MR) is 63.1 cm³/mol. The van der Waals surface area contributed by atoms with E-state index in [0.29, 0.717) is 6.04 Å². The fourth-order valence-corrected chi connectivity index (χ4v) is 2.41. The number of rotatable bonds is 3. The highest BCUT2D eigenvalue weighted by atomic mass is 32.2. The molecule has 5 heteroatoms. The predicted octanol–water partition coefficient (Wildman–Crippen LogP) is 0.736. The molecule has 1 aliphatic carbocycles. The van der Waals surface area contributed by atoms with Gasteiger partial charge in [-0.25, -0.2) is 0 Å². The van der Waals surface area contributed by atoms with Crippen LogP contribution in [-0.4, -0.2) is 35.0 Å². The Morgan fingerprint density at radius 2 is 2.40 bits per heavy atom. The summed E-state index contributed by atoms with van der Waals surface area (Å²) in [6.45, 7) is 4.52. The number of carbonyl (C=O) groups is 1. The Morgan fingerprint density at radius 3 is 2.93 bits per heavy atom. The first-order valence-corrected chi connectivity index (χ1v) is 6.28. The highest BCUT2D eigenvalue weighted by molar-refractivity contribution is 8.14. The lowest BCUT2D eigenvalue weighted by Gasteiger charge is -2.15. The number of hydrogen-bond acceptors (Lipinski definition) is 3. The molecule has 1 heterocycles. The van der Waals surface area contributed by atoms with Crippen LogP contribution in [0, 0.1) is 0 Å². The Morgan fingerprint density at radius 1 is 1.67 bits per heavy atom. The molecule has 84 valence electrons. The first-order valence-electron chi connectivity index (χ1n) is 5.30. The van der Waals surface area contributed by atoms with Crippen molar-refractivity contribution >= 4 is 22.8 Å². The number of carbonyl (C=O) groups excluding carboxylic acids is 1. The number of hydrogen-bond donors (Lipinski definition) is 2. The third-order valence-electron chi connectivity index (χ3n) is 2.32. The van der Waals surface area contributed by atoms with Crippen LogP contribution in [0.2, 0.25) is 0 Å². The number of amides is 1. The summed E-state index contributed by atoms with van der Waals surface area (Å²) >= 11 is 1.68. The number of thioether (sulfide) groups is 1. The molecule has 1 saturated heterocycles. The van der Waals surface area contributed by atoms with Crippen LogP contribution in [0.5, 0.6) is 0 Å². The maximum atomic E-state index is 11.4. The Kier molecular flexibility index (Phi) is 2.91. The van der Waals surface area contributed by atoms with Crippen LogP contribution in [0.4, 0.5) is 0 Å². The Labute approximate surface area is 94.3 Å². The van der Waals surface area contributed by atoms with E-state index < -0.39 is 0 Å². The summed E-state index contributed by atoms with van der Waals surface area (Å²) in [5, 5.41) is 7.10. The van der Waals surface area contributed by atoms with Crippen LogP contribution in [0.15, 0.2) is 4.99 Å². The number of amidine groups is 1. The van der Waals surface area contributed by atoms with Crippen molar-refractivity contribution in [2.45, 2.75) is 38.3 Å². The monoisotopic (exact) mass is 227 g/mol. The summed E-state index contributed by atoms with van der Waals surface area (Å²) in [6, 6.07) is 0.429. The minimum atomic E-state index is 0.0390. The van der Waals surface area contributed by atoms with E-state index in [0.717, 1.165) is 23.8 Å². The SMILES string of the molecule is CC1(C)CSC(=NCC(=O)NC2CC2)N1. The van der Waals surface area contributed by atoms with Crippen LogP contribution >= 0.6 is 11.8 Å². The van der Waals surface area contributed by atoms with Crippen molar-refractivity contribution in [3.8, 4) is 0 Å². The fraction of sp³-hybridized carbons (Fsp3) is 0.800. The van der Waals surface area contributed by atoms with Crippen molar-refractivity contribution in [3.63, 3.8) is 0 Å². The van der Waals surface area contributed by atoms with E-state index in [1.54, 1.807) is 11.8 Å². The molecule has 4 nitrogen and oxygen atoms in total. The maximum Gasteiger partial charge on any atom is 0.241 e. The van der Waals surface area contributed by atoms with Gasteiger partial charge in [0, 0.05) is 17.3 Å². The third-order valence-corrected chi connectivity index (χ3v) is 3.69. The number of aliphatic imine (C=N–C) groups is 1. The number of nitrogens with zero attached hydrogens (tertiary/aromatic N) is 1. The normalized spacial score (nSPS) is 26.4. The molecule has 1 amide bonds. The summed E-state index contributed by atoms with van der Waals surface area (Å²) < 4.78 is 0. The molecule has 0 spiro atoms. The van der Waals surface area contributed by atoms with Gasteiger partial charge in [0.25, 0.3) is 0 Å². The minimum absolute atomic E-state index is 0.0390. The van der Waals surface area contributed by atoms with Gasteiger partial charge in [-0.05, 0) is 26.7 Å². The van der Waals surface area contributed by atoms with Gasteiger partial charge in [0.05, 0.1) is 0 Å². The molecule has 0 aromatic rings. The maximum absolute atomic E-state index is 11.4. The Bertz CT molecular complexity index is 297. The van der Waals surface area contributed by atoms with Gasteiger partial charge >= 0.3 is 0 Å². The van der Waals surface area contributed by atoms with Gasteiger partial charge in [-0.1, -0.05) is 11.8 Å². The average molecular weight is 227 g/mol. The zero-order valence-electron chi connectivity index (χ0n) is 9.17. The van der Waals surface area contributed by atoms with Gasteiger partial charge < -0.3 is 10.6 Å². The Hall–Kier alpha value is -0.710. The van der Waals surface area contributed by atoms with Crippen LogP contribution < -0.4 is 10.6 Å². The molecule has 1 saturated carbocycles. The second-order valence-electron chi connectivity index (χ2n) is 4.76. The van der Waals surface area contributed by atoms with Crippen molar-refractivity contribution in [2.75, 3.05) is 12.3 Å². The highest BCUT2D eigenvalue weighted by Crippen LogP contribution is 2.22. The van der Waals surface area contributed by atoms with Crippen LogP contribution in [0.3, 0.4) is 0 Å².